The van der Waals surface area contributed by atoms with Gasteiger partial charge in [-0.05, 0) is 12.8 Å². The summed E-state index contributed by atoms with van der Waals surface area (Å²) in [7, 11) is -5.52. The summed E-state index contributed by atoms with van der Waals surface area (Å²) < 4.78 is 99.1. The number of aromatic nitrogens is 3. The highest BCUT2D eigenvalue weighted by atomic mass is 31.2. The van der Waals surface area contributed by atoms with Crippen LogP contribution in [0.15, 0.2) is 6.20 Å². The normalized spacial score (nSPS) is 32.0. The summed E-state index contributed by atoms with van der Waals surface area (Å²) in [4.78, 5) is 150. The molecular formula is C69H113N8O41P. The van der Waals surface area contributed by atoms with Crippen LogP contribution in [0.2, 0.25) is 0 Å². The number of phosphoric acid groups is 1. The zero-order valence-electron chi connectivity index (χ0n) is 66.3. The second kappa shape index (κ2) is 48.2. The molecule has 5 aliphatic heterocycles. The van der Waals surface area contributed by atoms with Crippen molar-refractivity contribution in [3.05, 3.63) is 11.9 Å². The number of ether oxygens (including phenoxy) is 14. The lowest BCUT2D eigenvalue weighted by atomic mass is 9.88. The second-order valence-corrected chi connectivity index (χ2v) is 29.3. The molecule has 0 bridgehead atoms. The molecule has 680 valence electrons. The number of hydrogen-bond donors (Lipinski definition) is 20. The number of carbonyl (C=O) groups excluding carboxylic acids is 9. The molecule has 5 amide bonds. The Morgan fingerprint density at radius 1 is 0.563 bits per heavy atom. The summed E-state index contributed by atoms with van der Waals surface area (Å²) in [5.41, 5.74) is 0.194. The molecule has 1 aromatic rings. The van der Waals surface area contributed by atoms with Crippen molar-refractivity contribution in [1.29, 1.82) is 0 Å². The molecule has 0 aromatic carbocycles. The summed E-state index contributed by atoms with van der Waals surface area (Å²) in [6.07, 6.45) is -46.9. The van der Waals surface area contributed by atoms with Crippen molar-refractivity contribution in [2.45, 2.75) is 310 Å². The minimum absolute atomic E-state index is 0.0286. The Hall–Kier alpha value is -6.93. The lowest BCUT2D eigenvalue weighted by Gasteiger charge is -2.50. The van der Waals surface area contributed by atoms with Gasteiger partial charge < -0.3 is 169 Å². The number of phosphoric ester groups is 1. The van der Waals surface area contributed by atoms with Gasteiger partial charge in [-0.15, -0.1) is 5.10 Å². The molecule has 6 heterocycles. The number of nitrogens with zero attached hydrogens (tertiary/aromatic N) is 3. The van der Waals surface area contributed by atoms with E-state index in [0.717, 1.165) is 0 Å². The molecule has 0 aliphatic carbocycles. The van der Waals surface area contributed by atoms with Crippen molar-refractivity contribution >= 4 is 67.2 Å². The fourth-order valence-electron chi connectivity index (χ4n) is 13.0. The molecule has 28 atom stereocenters. The van der Waals surface area contributed by atoms with E-state index < -0.39 is 304 Å². The molecule has 0 spiro atoms. The van der Waals surface area contributed by atoms with E-state index in [0.29, 0.717) is 0 Å². The number of hydrogen-bond acceptors (Lipinski definition) is 40. The predicted octanol–water partition coefficient (Wildman–Crippen LogP) is -8.83. The third-order valence-corrected chi connectivity index (χ3v) is 20.0. The van der Waals surface area contributed by atoms with E-state index in [1.54, 1.807) is 13.8 Å². The van der Waals surface area contributed by atoms with Gasteiger partial charge in [-0.3, -0.25) is 47.7 Å². The molecule has 9 unspecified atom stereocenters. The smallest absolute Gasteiger partial charge is 0.470 e. The number of aliphatic hydroxyl groups is 12. The number of amides is 5. The van der Waals surface area contributed by atoms with E-state index in [-0.39, 0.29) is 83.3 Å². The number of aliphatic hydroxyl groups excluding tert-OH is 12. The van der Waals surface area contributed by atoms with Crippen molar-refractivity contribution in [2.75, 3.05) is 52.8 Å². The van der Waals surface area contributed by atoms with Crippen LogP contribution < -0.4 is 26.6 Å². The van der Waals surface area contributed by atoms with Crippen LogP contribution in [0, 0.1) is 0 Å². The van der Waals surface area contributed by atoms with Crippen LogP contribution >= 0.6 is 7.82 Å². The second-order valence-electron chi connectivity index (χ2n) is 28.1. The van der Waals surface area contributed by atoms with Gasteiger partial charge in [-0.25, -0.2) is 14.0 Å². The number of rotatable bonds is 47. The summed E-state index contributed by atoms with van der Waals surface area (Å²) in [5.74, 6) is -12.1. The third-order valence-electron chi connectivity index (χ3n) is 19.5. The highest BCUT2D eigenvalue weighted by Gasteiger charge is 2.61. The minimum Gasteiger partial charge on any atom is -0.477 e. The average Bonchev–Trinajstić information content (AvgIpc) is 0.924. The SMILES string of the molecule is CCC(=O)N[C@H]1C([C@H](O)[C@H](O)CO)O[C@@](O[C@@H]2C(O)[C@H](O[C@@H]3C(CO)OC(OCCn4cc(CNC(=O)CCC(=O)NCCO[C@@H]5OC(CO[C@@H]6OC(CO)[C@@H](OP(=O)(O)O)[C@H](OC(=O)CC)C6NC(=O)C[C@@H](CC)OC(=O)CC)[C@@H](O)[C@H](OC(=O)CC)C5NC(=O)C[C@@H](CC)OC(=O)CC)nn4)[C@@H](O)[C@H]3O)OC(CO)[C@@H]2O)(C(=O)O)C[C@H]1O. The molecule has 49 nitrogen and oxygen atoms in total. The highest BCUT2D eigenvalue weighted by molar-refractivity contribution is 7.46. The highest BCUT2D eigenvalue weighted by Crippen LogP contribution is 2.44. The molecule has 5 fully saturated rings. The zero-order chi connectivity index (χ0) is 88.3. The van der Waals surface area contributed by atoms with Crippen LogP contribution in [0.25, 0.3) is 0 Å². The Kier molecular flexibility index (Phi) is 40.9. The van der Waals surface area contributed by atoms with E-state index in [1.165, 1.54) is 45.5 Å². The summed E-state index contributed by atoms with van der Waals surface area (Å²) in [6.45, 7) is 3.93. The predicted molar refractivity (Wildman–Crippen MR) is 386 cm³/mol. The summed E-state index contributed by atoms with van der Waals surface area (Å²) >= 11 is 0. The Balaban J connectivity index is 1.06. The van der Waals surface area contributed by atoms with E-state index >= 15 is 0 Å². The fraction of sp³-hybridized carbons (Fsp3) is 0.826. The molecule has 20 N–H and O–H groups in total. The molecule has 1 aromatic heterocycles. The Morgan fingerprint density at radius 2 is 1.08 bits per heavy atom. The molecule has 50 heteroatoms. The Labute approximate surface area is 680 Å². The van der Waals surface area contributed by atoms with Crippen molar-refractivity contribution in [1.82, 2.24) is 41.6 Å². The van der Waals surface area contributed by atoms with Crippen LogP contribution in [-0.4, -0.2) is 374 Å². The van der Waals surface area contributed by atoms with Gasteiger partial charge in [0.25, 0.3) is 5.79 Å². The first-order chi connectivity index (χ1) is 56.4. The van der Waals surface area contributed by atoms with Crippen LogP contribution in [0.5, 0.6) is 0 Å². The zero-order valence-corrected chi connectivity index (χ0v) is 67.2. The van der Waals surface area contributed by atoms with Gasteiger partial charge in [0.15, 0.2) is 37.4 Å². The number of nitrogens with one attached hydrogen (secondary N) is 5. The minimum atomic E-state index is -5.52. The quantitative estimate of drug-likeness (QED) is 0.0125. The fourth-order valence-corrected chi connectivity index (χ4v) is 13.6. The first-order valence-electron chi connectivity index (χ1n) is 38.8. The van der Waals surface area contributed by atoms with Gasteiger partial charge in [-0.2, -0.15) is 0 Å². The van der Waals surface area contributed by atoms with E-state index in [9.17, 15) is 129 Å². The van der Waals surface area contributed by atoms with Crippen LogP contribution in [0.1, 0.15) is 131 Å². The van der Waals surface area contributed by atoms with Gasteiger partial charge >= 0.3 is 37.7 Å². The number of carbonyl (C=O) groups is 10. The van der Waals surface area contributed by atoms with Gasteiger partial charge in [0.05, 0.1) is 90.5 Å². The van der Waals surface area contributed by atoms with Crippen molar-refractivity contribution in [3.8, 4) is 0 Å². The first kappa shape index (κ1) is 101. The molecule has 5 saturated heterocycles. The molecule has 0 saturated carbocycles. The first-order valence-corrected chi connectivity index (χ1v) is 40.3. The molecular weight excluding hydrogens is 1630 g/mol. The topological polar surface area (TPSA) is 721 Å². The lowest BCUT2D eigenvalue weighted by molar-refractivity contribution is -0.386. The van der Waals surface area contributed by atoms with E-state index in [2.05, 4.69) is 36.9 Å². The molecule has 0 radical (unpaired) electrons. The number of carboxylic acids is 1. The maximum atomic E-state index is 13.8. The molecule has 5 aliphatic rings. The van der Waals surface area contributed by atoms with Crippen LogP contribution in [0.4, 0.5) is 0 Å². The molecule has 6 rings (SSSR count). The largest absolute Gasteiger partial charge is 0.477 e. The number of carboxylic acid groups (broad SMARTS) is 1. The standard InChI is InChI=1S/C69H113N8O41P/c1-8-32(107-45(89)11-4)21-43(87)73-50-60(113-47(91)13-6)54(95)39(30-106-65-51(74-44(88)22-33(9-2)108-46(90)12-5)62(114-48(92)14-7)59(38(29-81)110-65)118-119(101,102)103)112-64(50)104-19-17-70-41(85)15-16-42(86)71-24-31-25-77(76-75-31)18-20-105-66-56(97)55(96)58(37(28-80)111-66)115-67-57(98)63(53(94)36(27-79)109-67)117-69(68(99)100)23-34(82)49(72-40(84)10-3)61(116-69)52(93)35(83)26-78/h25,32-39,49-67,78-83,93-98H,8-24,26-30H2,1-7H3,(H,70,85)(H,71,86)(H,72,84)(H,73,87)(H,74,88)(H,99,100)(H2,101,102,103)/t32-,33-,34-,35-,36?,37?,38?,39?,49-,50?,51?,52-,53+,54-,55-,56+,57?,58-,59-,60-,61?,62-,63+,64-,65-,66?,67+,69+/m1/s1. The number of esters is 4. The van der Waals surface area contributed by atoms with Crippen molar-refractivity contribution < 1.29 is 200 Å². The van der Waals surface area contributed by atoms with Gasteiger partial charge in [0.1, 0.15) is 122 Å². The summed E-state index contributed by atoms with van der Waals surface area (Å²) in [6, 6.07) is -5.03. The monoisotopic (exact) mass is 1740 g/mol. The maximum absolute atomic E-state index is 13.8. The van der Waals surface area contributed by atoms with Crippen LogP contribution in [-0.2, 0) is 136 Å². The van der Waals surface area contributed by atoms with E-state index in [4.69, 9.17) is 70.8 Å². The maximum Gasteiger partial charge on any atom is 0.470 e. The van der Waals surface area contributed by atoms with Crippen molar-refractivity contribution in [3.63, 3.8) is 0 Å². The third kappa shape index (κ3) is 28.8. The van der Waals surface area contributed by atoms with Gasteiger partial charge in [0, 0.05) is 57.9 Å². The van der Waals surface area contributed by atoms with Crippen molar-refractivity contribution in [2.24, 2.45) is 0 Å². The van der Waals surface area contributed by atoms with Gasteiger partial charge in [0.2, 0.25) is 29.5 Å². The average molecular weight is 1740 g/mol. The van der Waals surface area contributed by atoms with Gasteiger partial charge in [-0.1, -0.05) is 53.7 Å². The lowest BCUT2D eigenvalue weighted by Crippen LogP contribution is -2.71. The molecule has 119 heavy (non-hydrogen) atoms. The van der Waals surface area contributed by atoms with Crippen LogP contribution in [0.3, 0.4) is 0 Å². The Morgan fingerprint density at radius 3 is 1.62 bits per heavy atom. The number of aliphatic carboxylic acids is 1. The van der Waals surface area contributed by atoms with E-state index in [1.807, 2.05) is 0 Å². The summed E-state index contributed by atoms with van der Waals surface area (Å²) in [5, 5.41) is 162. The Bertz CT molecular complexity index is 3480.